The number of unbranched alkanes of at least 4 members (excludes halogenated alkanes) is 1. The highest BCUT2D eigenvalue weighted by atomic mass is 35.5. The van der Waals surface area contributed by atoms with E-state index in [-0.39, 0.29) is 11.3 Å². The summed E-state index contributed by atoms with van der Waals surface area (Å²) in [6, 6.07) is 12.1. The molecule has 0 spiro atoms. The molecule has 0 unspecified atom stereocenters. The summed E-state index contributed by atoms with van der Waals surface area (Å²) in [5.74, 6) is -0.210. The highest BCUT2D eigenvalue weighted by Crippen LogP contribution is 2.19. The van der Waals surface area contributed by atoms with Crippen LogP contribution in [0.1, 0.15) is 46.8 Å². The van der Waals surface area contributed by atoms with Crippen LogP contribution in [-0.2, 0) is 11.2 Å². The molecule has 0 amide bonds. The van der Waals surface area contributed by atoms with Gasteiger partial charge in [-0.3, -0.25) is 9.59 Å². The molecule has 0 saturated carbocycles. The van der Waals surface area contributed by atoms with Gasteiger partial charge in [-0.25, -0.2) is 0 Å². The van der Waals surface area contributed by atoms with E-state index in [2.05, 4.69) is 6.92 Å². The molecule has 1 radical (unpaired) electrons. The molecule has 2 nitrogen and oxygen atoms in total. The van der Waals surface area contributed by atoms with E-state index >= 15 is 0 Å². The van der Waals surface area contributed by atoms with Gasteiger partial charge in [-0.15, -0.1) is 0 Å². The van der Waals surface area contributed by atoms with Gasteiger partial charge in [0, 0.05) is 21.7 Å². The Labute approximate surface area is 129 Å². The lowest BCUT2D eigenvalue weighted by atomic mass is 9.97. The second-order valence-electron chi connectivity index (χ2n) is 4.92. The molecule has 0 fully saturated rings. The van der Waals surface area contributed by atoms with Crippen molar-refractivity contribution in [2.24, 2.45) is 0 Å². The van der Waals surface area contributed by atoms with Crippen LogP contribution in [0.15, 0.2) is 42.5 Å². The second kappa shape index (κ2) is 7.19. The van der Waals surface area contributed by atoms with Crippen molar-refractivity contribution in [3.05, 3.63) is 69.7 Å². The van der Waals surface area contributed by atoms with Crippen LogP contribution in [0.3, 0.4) is 0 Å². The van der Waals surface area contributed by atoms with Crippen molar-refractivity contribution in [2.75, 3.05) is 0 Å². The number of carbonyl (C=O) groups is 1. The predicted octanol–water partition coefficient (Wildman–Crippen LogP) is 4.37. The molecule has 0 aromatic heterocycles. The van der Waals surface area contributed by atoms with Crippen LogP contribution in [-0.4, -0.2) is 12.1 Å². The largest absolute Gasteiger partial charge is 0.289 e. The average molecular weight is 300 g/mol. The van der Waals surface area contributed by atoms with E-state index in [1.807, 2.05) is 12.1 Å². The lowest BCUT2D eigenvalue weighted by Gasteiger charge is -2.06. The second-order valence-corrected chi connectivity index (χ2v) is 5.36. The fourth-order valence-corrected chi connectivity index (χ4v) is 2.32. The predicted molar refractivity (Wildman–Crippen MR) is 84.7 cm³/mol. The molecule has 0 bridgehead atoms. The van der Waals surface area contributed by atoms with Gasteiger partial charge in [0.15, 0.2) is 5.78 Å². The molecule has 0 atom stereocenters. The van der Waals surface area contributed by atoms with Crippen molar-refractivity contribution in [3.8, 4) is 0 Å². The van der Waals surface area contributed by atoms with E-state index < -0.39 is 0 Å². The van der Waals surface area contributed by atoms with Gasteiger partial charge in [0.05, 0.1) is 0 Å². The summed E-state index contributed by atoms with van der Waals surface area (Å²) < 4.78 is 0. The molecule has 0 aliphatic heterocycles. The Morgan fingerprint density at radius 3 is 2.48 bits per heavy atom. The lowest BCUT2D eigenvalue weighted by molar-refractivity contribution is 0.103. The van der Waals surface area contributed by atoms with Gasteiger partial charge >= 0.3 is 0 Å². The molecule has 3 heteroatoms. The minimum absolute atomic E-state index is 0.210. The molecule has 0 aliphatic rings. The van der Waals surface area contributed by atoms with Crippen LogP contribution in [0.4, 0.5) is 0 Å². The molecule has 2 aromatic carbocycles. The average Bonchev–Trinajstić information content (AvgIpc) is 2.52. The molecule has 2 rings (SSSR count). The maximum absolute atomic E-state index is 12.5. The van der Waals surface area contributed by atoms with E-state index in [1.165, 1.54) is 17.7 Å². The maximum atomic E-state index is 12.5. The third-order valence-electron chi connectivity index (χ3n) is 3.37. The number of halogens is 1. The molecule has 0 saturated heterocycles. The number of ketones is 1. The first-order chi connectivity index (χ1) is 10.2. The van der Waals surface area contributed by atoms with E-state index in [1.54, 1.807) is 24.5 Å². The number of hydrogen-bond acceptors (Lipinski definition) is 2. The number of benzene rings is 2. The van der Waals surface area contributed by atoms with Crippen LogP contribution in [0.5, 0.6) is 0 Å². The zero-order valence-electron chi connectivity index (χ0n) is 11.9. The Balaban J connectivity index is 2.27. The highest BCUT2D eigenvalue weighted by molar-refractivity contribution is 6.31. The maximum Gasteiger partial charge on any atom is 0.234 e. The summed E-state index contributed by atoms with van der Waals surface area (Å²) in [6.45, 7) is 2.15. The summed E-state index contributed by atoms with van der Waals surface area (Å²) in [5.41, 5.74) is 2.29. The third-order valence-corrected chi connectivity index (χ3v) is 3.61. The lowest BCUT2D eigenvalue weighted by Crippen LogP contribution is -2.05. The van der Waals surface area contributed by atoms with Gasteiger partial charge < -0.3 is 0 Å². The third kappa shape index (κ3) is 3.79. The number of rotatable bonds is 6. The van der Waals surface area contributed by atoms with Crippen LogP contribution >= 0.6 is 11.6 Å². The van der Waals surface area contributed by atoms with Crippen molar-refractivity contribution in [1.29, 1.82) is 0 Å². The first-order valence-electron chi connectivity index (χ1n) is 6.97. The molecule has 107 valence electrons. The Morgan fingerprint density at radius 2 is 1.86 bits per heavy atom. The monoisotopic (exact) mass is 299 g/mol. The van der Waals surface area contributed by atoms with E-state index in [4.69, 9.17) is 11.6 Å². The summed E-state index contributed by atoms with van der Waals surface area (Å²) in [7, 11) is 0. The van der Waals surface area contributed by atoms with Crippen LogP contribution in [0.2, 0.25) is 5.02 Å². The summed E-state index contributed by atoms with van der Waals surface area (Å²) in [6.07, 6.45) is 5.06. The first kappa shape index (κ1) is 15.5. The van der Waals surface area contributed by atoms with Crippen LogP contribution < -0.4 is 0 Å². The first-order valence-corrected chi connectivity index (χ1v) is 7.35. The van der Waals surface area contributed by atoms with Gasteiger partial charge in [-0.2, -0.15) is 0 Å². The van der Waals surface area contributed by atoms with Crippen molar-refractivity contribution in [1.82, 2.24) is 0 Å². The molecular formula is C18H16ClO2. The number of carbonyl (C=O) groups excluding carboxylic acids is 2. The fraction of sp³-hybridized carbons (Fsp3) is 0.222. The normalized spacial score (nSPS) is 10.4. The molecule has 21 heavy (non-hydrogen) atoms. The molecule has 0 heterocycles. The zero-order valence-corrected chi connectivity index (χ0v) is 12.6. The summed E-state index contributed by atoms with van der Waals surface area (Å²) in [5, 5.41) is 0.428. The molecule has 0 aliphatic carbocycles. The van der Waals surface area contributed by atoms with E-state index in [9.17, 15) is 9.59 Å². The Hall–Kier alpha value is -1.93. The van der Waals surface area contributed by atoms with Crippen LogP contribution in [0, 0.1) is 0 Å². The van der Waals surface area contributed by atoms with Crippen molar-refractivity contribution >= 4 is 23.7 Å². The quantitative estimate of drug-likeness (QED) is 0.742. The van der Waals surface area contributed by atoms with Crippen molar-refractivity contribution in [3.63, 3.8) is 0 Å². The smallest absolute Gasteiger partial charge is 0.234 e. The van der Waals surface area contributed by atoms with Gasteiger partial charge in [-0.1, -0.05) is 49.2 Å². The molecular weight excluding hydrogens is 284 g/mol. The molecule has 0 N–H and O–H groups in total. The van der Waals surface area contributed by atoms with Crippen LogP contribution in [0.25, 0.3) is 0 Å². The number of hydrogen-bond donors (Lipinski definition) is 0. The fourth-order valence-electron chi connectivity index (χ4n) is 2.15. The Kier molecular flexibility index (Phi) is 5.29. The van der Waals surface area contributed by atoms with Gasteiger partial charge in [-0.05, 0) is 36.6 Å². The minimum atomic E-state index is -0.210. The summed E-state index contributed by atoms with van der Waals surface area (Å²) >= 11 is 5.91. The van der Waals surface area contributed by atoms with E-state index in [0.29, 0.717) is 16.1 Å². The van der Waals surface area contributed by atoms with E-state index in [0.717, 1.165) is 19.3 Å². The zero-order chi connectivity index (χ0) is 15.2. The Morgan fingerprint density at radius 1 is 1.14 bits per heavy atom. The molecule has 2 aromatic rings. The summed E-state index contributed by atoms with van der Waals surface area (Å²) in [4.78, 5) is 23.4. The van der Waals surface area contributed by atoms with Gasteiger partial charge in [0.1, 0.15) is 0 Å². The number of aryl methyl sites for hydroxylation is 1. The standard InChI is InChI=1S/C18H16ClO2/c1-2-3-4-13-5-7-14(8-6-13)18(21)17-11-16(19)10-9-15(17)12-20/h5-11H,2-4H2,1H3. The highest BCUT2D eigenvalue weighted by Gasteiger charge is 2.14. The van der Waals surface area contributed by atoms with Crippen molar-refractivity contribution < 1.29 is 9.59 Å². The Bertz CT molecular complexity index is 645. The van der Waals surface area contributed by atoms with Gasteiger partial charge in [0.25, 0.3) is 0 Å². The minimum Gasteiger partial charge on any atom is -0.289 e. The SMILES string of the molecule is CCCCc1ccc(C(=O)c2cc(Cl)ccc2[C]=O)cc1. The van der Waals surface area contributed by atoms with Gasteiger partial charge in [0.2, 0.25) is 6.29 Å². The van der Waals surface area contributed by atoms with Crippen molar-refractivity contribution in [2.45, 2.75) is 26.2 Å². The topological polar surface area (TPSA) is 34.1 Å².